The van der Waals surface area contributed by atoms with Gasteiger partial charge >= 0.3 is 0 Å². The summed E-state index contributed by atoms with van der Waals surface area (Å²) >= 11 is 0. The van der Waals surface area contributed by atoms with Gasteiger partial charge in [0.15, 0.2) is 0 Å². The third kappa shape index (κ3) is 8.19. The fourth-order valence-corrected chi connectivity index (χ4v) is 2.33. The minimum Gasteiger partial charge on any atom is -0.352 e. The van der Waals surface area contributed by atoms with E-state index in [0.29, 0.717) is 19.5 Å². The molecule has 0 fully saturated rings. The highest BCUT2D eigenvalue weighted by Gasteiger charge is 1.97. The van der Waals surface area contributed by atoms with Gasteiger partial charge in [-0.15, -0.1) is 0 Å². The normalized spacial score (nSPS) is 11.0. The summed E-state index contributed by atoms with van der Waals surface area (Å²) in [5.74, 6) is -0.276. The molecule has 0 spiro atoms. The summed E-state index contributed by atoms with van der Waals surface area (Å²) in [6.45, 7) is 5.08. The van der Waals surface area contributed by atoms with Gasteiger partial charge in [-0.2, -0.15) is 0 Å². The van der Waals surface area contributed by atoms with E-state index >= 15 is 0 Å². The molecule has 0 atom stereocenters. The molecule has 0 unspecified atom stereocenters. The number of rotatable bonds is 8. The quantitative estimate of drug-likeness (QED) is 0.556. The van der Waals surface area contributed by atoms with Gasteiger partial charge in [-0.05, 0) is 43.5 Å². The lowest BCUT2D eigenvalue weighted by atomic mass is 10.1. The van der Waals surface area contributed by atoms with Crippen LogP contribution >= 0.6 is 0 Å². The maximum atomic E-state index is 11.8. The first-order valence-corrected chi connectivity index (χ1v) is 9.08. The van der Waals surface area contributed by atoms with Crippen LogP contribution in [0.4, 0.5) is 0 Å². The van der Waals surface area contributed by atoms with Crippen molar-refractivity contribution in [3.63, 3.8) is 0 Å². The van der Waals surface area contributed by atoms with Crippen LogP contribution < -0.4 is 10.6 Å². The van der Waals surface area contributed by atoms with E-state index in [1.54, 1.807) is 12.2 Å². The van der Waals surface area contributed by atoms with Crippen LogP contribution in [0.25, 0.3) is 12.2 Å². The van der Waals surface area contributed by atoms with Gasteiger partial charge in [-0.1, -0.05) is 59.7 Å². The van der Waals surface area contributed by atoms with E-state index < -0.39 is 0 Å². The molecule has 2 rings (SSSR count). The molecule has 0 aliphatic rings. The van der Waals surface area contributed by atoms with Crippen molar-refractivity contribution < 1.29 is 9.59 Å². The molecule has 0 saturated carbocycles. The molecule has 27 heavy (non-hydrogen) atoms. The third-order valence-corrected chi connectivity index (χ3v) is 3.96. The zero-order chi connectivity index (χ0) is 19.5. The van der Waals surface area contributed by atoms with Crippen molar-refractivity contribution in [3.8, 4) is 0 Å². The second kappa shape index (κ2) is 10.8. The molecule has 0 saturated heterocycles. The first-order valence-electron chi connectivity index (χ1n) is 9.08. The molecule has 2 N–H and O–H groups in total. The van der Waals surface area contributed by atoms with Crippen molar-refractivity contribution in [2.75, 3.05) is 13.1 Å². The average Bonchev–Trinajstić information content (AvgIpc) is 2.67. The summed E-state index contributed by atoms with van der Waals surface area (Å²) in [4.78, 5) is 23.5. The number of carbonyl (C=O) groups excluding carboxylic acids is 2. The summed E-state index contributed by atoms with van der Waals surface area (Å²) in [5.41, 5.74) is 4.35. The Morgan fingerprint density at radius 1 is 0.704 bits per heavy atom. The monoisotopic (exact) mass is 362 g/mol. The van der Waals surface area contributed by atoms with Gasteiger partial charge < -0.3 is 10.6 Å². The van der Waals surface area contributed by atoms with Gasteiger partial charge in [0, 0.05) is 25.2 Å². The van der Waals surface area contributed by atoms with Crippen LogP contribution in [0.2, 0.25) is 0 Å². The number of benzene rings is 2. The second-order valence-corrected chi connectivity index (χ2v) is 6.42. The van der Waals surface area contributed by atoms with Crippen molar-refractivity contribution in [2.45, 2.75) is 20.3 Å². The van der Waals surface area contributed by atoms with E-state index in [1.807, 2.05) is 62.4 Å². The van der Waals surface area contributed by atoms with E-state index in [4.69, 9.17) is 0 Å². The molecule has 0 aromatic heterocycles. The fraction of sp³-hybridized carbons (Fsp3) is 0.217. The molecule has 0 heterocycles. The molecule has 4 heteroatoms. The average molecular weight is 362 g/mol. The summed E-state index contributed by atoms with van der Waals surface area (Å²) in [6.07, 6.45) is 7.29. The molecule has 2 amide bonds. The van der Waals surface area contributed by atoms with Crippen LogP contribution in [0.5, 0.6) is 0 Å². The van der Waals surface area contributed by atoms with Crippen LogP contribution in [0.15, 0.2) is 60.7 Å². The van der Waals surface area contributed by atoms with Crippen LogP contribution in [0, 0.1) is 13.8 Å². The number of nitrogens with one attached hydrogen (secondary N) is 2. The van der Waals surface area contributed by atoms with Crippen molar-refractivity contribution in [1.82, 2.24) is 10.6 Å². The Kier molecular flexibility index (Phi) is 8.04. The Bertz CT molecular complexity index is 734. The molecular formula is C23H26N2O2. The lowest BCUT2D eigenvalue weighted by Crippen LogP contribution is -2.28. The molecule has 140 valence electrons. The number of hydrogen-bond donors (Lipinski definition) is 2. The van der Waals surface area contributed by atoms with Gasteiger partial charge in [-0.3, -0.25) is 9.59 Å². The lowest BCUT2D eigenvalue weighted by Gasteiger charge is -2.03. The van der Waals surface area contributed by atoms with Crippen LogP contribution in [0.3, 0.4) is 0 Å². The summed E-state index contributed by atoms with van der Waals surface area (Å²) < 4.78 is 0. The summed E-state index contributed by atoms with van der Waals surface area (Å²) in [7, 11) is 0. The SMILES string of the molecule is Cc1ccc(/C=C\C(=O)NCCCNC(=O)/C=C/c2ccc(C)cc2)cc1. The predicted octanol–water partition coefficient (Wildman–Crippen LogP) is 3.65. The van der Waals surface area contributed by atoms with Crippen LogP contribution in [0.1, 0.15) is 28.7 Å². The van der Waals surface area contributed by atoms with Crippen molar-refractivity contribution in [2.24, 2.45) is 0 Å². The van der Waals surface area contributed by atoms with E-state index in [1.165, 1.54) is 23.3 Å². The predicted molar refractivity (Wildman–Crippen MR) is 111 cm³/mol. The molecule has 0 radical (unpaired) electrons. The van der Waals surface area contributed by atoms with Gasteiger partial charge in [0.05, 0.1) is 0 Å². The lowest BCUT2D eigenvalue weighted by molar-refractivity contribution is -0.116. The minimum atomic E-state index is -0.138. The highest BCUT2D eigenvalue weighted by Crippen LogP contribution is 2.05. The number of aryl methyl sites for hydroxylation is 2. The Labute approximate surface area is 161 Å². The van der Waals surface area contributed by atoms with Crippen molar-refractivity contribution in [3.05, 3.63) is 82.9 Å². The maximum Gasteiger partial charge on any atom is 0.244 e. The zero-order valence-electron chi connectivity index (χ0n) is 15.9. The third-order valence-electron chi connectivity index (χ3n) is 3.96. The van der Waals surface area contributed by atoms with Crippen LogP contribution in [-0.4, -0.2) is 24.9 Å². The zero-order valence-corrected chi connectivity index (χ0v) is 15.9. The van der Waals surface area contributed by atoms with Gasteiger partial charge in [0.25, 0.3) is 0 Å². The molecular weight excluding hydrogens is 336 g/mol. The van der Waals surface area contributed by atoms with E-state index in [2.05, 4.69) is 10.6 Å². The Hall–Kier alpha value is -3.14. The number of hydrogen-bond acceptors (Lipinski definition) is 2. The van der Waals surface area contributed by atoms with E-state index in [-0.39, 0.29) is 11.8 Å². The van der Waals surface area contributed by atoms with Gasteiger partial charge in [0.2, 0.25) is 11.8 Å². The Balaban J connectivity index is 1.60. The largest absolute Gasteiger partial charge is 0.352 e. The molecule has 4 nitrogen and oxygen atoms in total. The molecule has 2 aromatic carbocycles. The topological polar surface area (TPSA) is 58.2 Å². The van der Waals surface area contributed by atoms with Crippen molar-refractivity contribution in [1.29, 1.82) is 0 Å². The smallest absolute Gasteiger partial charge is 0.244 e. The number of amides is 2. The Morgan fingerprint density at radius 2 is 1.07 bits per heavy atom. The molecule has 0 aliphatic carbocycles. The van der Waals surface area contributed by atoms with E-state index in [0.717, 1.165) is 11.1 Å². The molecule has 2 aromatic rings. The maximum absolute atomic E-state index is 11.8. The summed E-state index contributed by atoms with van der Waals surface area (Å²) in [5, 5.41) is 5.61. The fourth-order valence-electron chi connectivity index (χ4n) is 2.33. The van der Waals surface area contributed by atoms with Gasteiger partial charge in [0.1, 0.15) is 0 Å². The first kappa shape index (κ1) is 20.2. The van der Waals surface area contributed by atoms with Crippen molar-refractivity contribution >= 4 is 24.0 Å². The summed E-state index contributed by atoms with van der Waals surface area (Å²) in [6, 6.07) is 15.9. The van der Waals surface area contributed by atoms with Crippen LogP contribution in [-0.2, 0) is 9.59 Å². The standard InChI is InChI=1S/C23H26N2O2/c1-18-4-8-20(9-5-18)12-14-22(26)24-16-3-17-25-23(27)15-13-21-10-6-19(2)7-11-21/h4-15H,3,16-17H2,1-2H3,(H,24,26)(H,25,27)/b14-12-,15-13+. The first-order chi connectivity index (χ1) is 13.0. The number of carbonyl (C=O) groups is 2. The minimum absolute atomic E-state index is 0.138. The second-order valence-electron chi connectivity index (χ2n) is 6.42. The highest BCUT2D eigenvalue weighted by atomic mass is 16.2. The van der Waals surface area contributed by atoms with E-state index in [9.17, 15) is 9.59 Å². The highest BCUT2D eigenvalue weighted by molar-refractivity contribution is 5.92. The molecule has 0 aliphatic heterocycles. The Morgan fingerprint density at radius 3 is 1.44 bits per heavy atom. The van der Waals surface area contributed by atoms with Gasteiger partial charge in [-0.25, -0.2) is 0 Å². The molecule has 0 bridgehead atoms.